The average molecular weight is 508 g/mol. The molecule has 0 spiro atoms. The Hall–Kier alpha value is -2.34. The second kappa shape index (κ2) is 11.9. The molecule has 1 fully saturated rings. The molecule has 2 N–H and O–H groups in total. The zero-order chi connectivity index (χ0) is 24.7. The number of anilines is 2. The highest BCUT2D eigenvalue weighted by Gasteiger charge is 2.23. The van der Waals surface area contributed by atoms with Gasteiger partial charge in [-0.1, -0.05) is 31.4 Å². The topological polar surface area (TPSA) is 112 Å². The Morgan fingerprint density at radius 3 is 2.53 bits per heavy atom. The molecule has 0 unspecified atom stereocenters. The lowest BCUT2D eigenvalue weighted by Crippen LogP contribution is -2.47. The maximum Gasteiger partial charge on any atom is 0.325 e. The Bertz CT molecular complexity index is 1110. The highest BCUT2D eigenvalue weighted by Crippen LogP contribution is 2.23. The van der Waals surface area contributed by atoms with Crippen molar-refractivity contribution in [3.8, 4) is 0 Å². The fourth-order valence-electron chi connectivity index (χ4n) is 3.80. The summed E-state index contributed by atoms with van der Waals surface area (Å²) in [5.74, 6) is 0.0277. The van der Waals surface area contributed by atoms with Gasteiger partial charge in [0.25, 0.3) is 0 Å². The van der Waals surface area contributed by atoms with Gasteiger partial charge >= 0.3 is 6.03 Å². The van der Waals surface area contributed by atoms with E-state index in [-0.39, 0.29) is 5.78 Å². The first-order chi connectivity index (χ1) is 16.2. The van der Waals surface area contributed by atoms with E-state index >= 15 is 0 Å². The van der Waals surface area contributed by atoms with E-state index in [0.29, 0.717) is 55.5 Å². The van der Waals surface area contributed by atoms with Crippen LogP contribution in [-0.2, 0) is 16.6 Å². The molecule has 186 valence electrons. The maximum atomic E-state index is 12.7. The number of nitrogens with one attached hydrogen (secondary N) is 2. The normalized spacial score (nSPS) is 15.3. The molecule has 2 amide bonds. The number of hydrogen-bond acceptors (Lipinski definition) is 7. The summed E-state index contributed by atoms with van der Waals surface area (Å²) in [7, 11) is -3.15. The summed E-state index contributed by atoms with van der Waals surface area (Å²) in [5.41, 5.74) is 1.98. The predicted octanol–water partition coefficient (Wildman–Crippen LogP) is 3.94. The number of nitrogens with zero attached hydrogens (tertiary/aromatic N) is 3. The highest BCUT2D eigenvalue weighted by atomic mass is 32.2. The van der Waals surface area contributed by atoms with Crippen LogP contribution in [-0.4, -0.2) is 66.9 Å². The van der Waals surface area contributed by atoms with Crippen LogP contribution in [0.2, 0.25) is 0 Å². The van der Waals surface area contributed by atoms with E-state index in [1.165, 1.54) is 21.9 Å². The Kier molecular flexibility index (Phi) is 9.17. The van der Waals surface area contributed by atoms with E-state index in [2.05, 4.69) is 27.4 Å². The SMILES string of the molecule is CCCCCC(=O)c1cc(C)ccc1NC(=O)Nc1ncc(CN2CCN(S(C)(=O)=O)CC2)s1. The number of urea groups is 1. The van der Waals surface area contributed by atoms with Crippen molar-refractivity contribution in [3.63, 3.8) is 0 Å². The largest absolute Gasteiger partial charge is 0.325 e. The van der Waals surface area contributed by atoms with Crippen LogP contribution in [0.15, 0.2) is 24.4 Å². The molecule has 1 aromatic carbocycles. The number of carbonyl (C=O) groups is 2. The summed E-state index contributed by atoms with van der Waals surface area (Å²) in [5, 5.41) is 6.00. The van der Waals surface area contributed by atoms with Gasteiger partial charge < -0.3 is 5.32 Å². The molecule has 0 atom stereocenters. The van der Waals surface area contributed by atoms with Crippen LogP contribution >= 0.6 is 11.3 Å². The lowest BCUT2D eigenvalue weighted by molar-refractivity contribution is 0.0980. The predicted molar refractivity (Wildman–Crippen MR) is 136 cm³/mol. The van der Waals surface area contributed by atoms with Gasteiger partial charge in [0, 0.05) is 55.8 Å². The first-order valence-electron chi connectivity index (χ1n) is 11.5. The zero-order valence-corrected chi connectivity index (χ0v) is 21.6. The number of ketones is 1. The van der Waals surface area contributed by atoms with Crippen molar-refractivity contribution in [3.05, 3.63) is 40.4 Å². The van der Waals surface area contributed by atoms with Gasteiger partial charge in [-0.3, -0.25) is 15.0 Å². The Morgan fingerprint density at radius 1 is 1.12 bits per heavy atom. The van der Waals surface area contributed by atoms with Gasteiger partial charge in [0.2, 0.25) is 10.0 Å². The van der Waals surface area contributed by atoms with Crippen LogP contribution in [0.4, 0.5) is 15.6 Å². The standard InChI is InChI=1S/C23H33N5O4S2/c1-4-5-6-7-21(29)19-14-17(2)8-9-20(19)25-22(30)26-23-24-15-18(33-23)16-27-10-12-28(13-11-27)34(3,31)32/h8-9,14-15H,4-7,10-13,16H2,1-3H3,(H2,24,25,26,30). The molecule has 1 aliphatic heterocycles. The van der Waals surface area contributed by atoms with Gasteiger partial charge in [0.15, 0.2) is 10.9 Å². The van der Waals surface area contributed by atoms with E-state index < -0.39 is 16.1 Å². The number of aromatic nitrogens is 1. The van der Waals surface area contributed by atoms with Gasteiger partial charge in [-0.05, 0) is 25.5 Å². The number of piperazine rings is 1. The summed E-state index contributed by atoms with van der Waals surface area (Å²) < 4.78 is 24.8. The lowest BCUT2D eigenvalue weighted by atomic mass is 10.0. The van der Waals surface area contributed by atoms with Crippen LogP contribution in [0, 0.1) is 6.92 Å². The van der Waals surface area contributed by atoms with Crippen molar-refractivity contribution in [1.29, 1.82) is 0 Å². The van der Waals surface area contributed by atoms with Crippen LogP contribution in [0.25, 0.3) is 0 Å². The number of carbonyl (C=O) groups excluding carboxylic acids is 2. The van der Waals surface area contributed by atoms with Gasteiger partial charge in [0.05, 0.1) is 11.9 Å². The van der Waals surface area contributed by atoms with Crippen LogP contribution < -0.4 is 10.6 Å². The monoisotopic (exact) mass is 507 g/mol. The summed E-state index contributed by atoms with van der Waals surface area (Å²) in [4.78, 5) is 32.7. The molecule has 1 saturated heterocycles. The summed E-state index contributed by atoms with van der Waals surface area (Å²) >= 11 is 1.37. The number of benzene rings is 1. The number of amides is 2. The molecule has 34 heavy (non-hydrogen) atoms. The van der Waals surface area contributed by atoms with E-state index in [1.54, 1.807) is 12.3 Å². The molecule has 0 radical (unpaired) electrons. The number of Topliss-reactive ketones (excluding diaryl/α,β-unsaturated/α-hetero) is 1. The second-order valence-corrected chi connectivity index (χ2v) is 11.7. The van der Waals surface area contributed by atoms with Gasteiger partial charge in [-0.15, -0.1) is 11.3 Å². The quantitative estimate of drug-likeness (QED) is 0.372. The van der Waals surface area contributed by atoms with Crippen molar-refractivity contribution in [2.75, 3.05) is 43.1 Å². The van der Waals surface area contributed by atoms with Crippen molar-refractivity contribution < 1.29 is 18.0 Å². The number of thiazole rings is 1. The molecule has 0 saturated carbocycles. The lowest BCUT2D eigenvalue weighted by Gasteiger charge is -2.32. The summed E-state index contributed by atoms with van der Waals surface area (Å²) in [6.07, 6.45) is 6.29. The van der Waals surface area contributed by atoms with Crippen LogP contribution in [0.3, 0.4) is 0 Å². The molecular formula is C23H33N5O4S2. The summed E-state index contributed by atoms with van der Waals surface area (Å²) in [6.45, 7) is 6.91. The molecule has 2 heterocycles. The van der Waals surface area contributed by atoms with E-state index in [9.17, 15) is 18.0 Å². The van der Waals surface area contributed by atoms with Crippen molar-refractivity contribution in [2.45, 2.75) is 46.1 Å². The highest BCUT2D eigenvalue weighted by molar-refractivity contribution is 7.88. The first-order valence-corrected chi connectivity index (χ1v) is 14.2. The van der Waals surface area contributed by atoms with E-state index in [4.69, 9.17) is 0 Å². The number of hydrogen-bond donors (Lipinski definition) is 2. The third-order valence-corrected chi connectivity index (χ3v) is 7.89. The van der Waals surface area contributed by atoms with E-state index in [1.807, 2.05) is 19.1 Å². The molecule has 0 aliphatic carbocycles. The average Bonchev–Trinajstić information content (AvgIpc) is 3.21. The zero-order valence-electron chi connectivity index (χ0n) is 20.0. The molecule has 11 heteroatoms. The fraction of sp³-hybridized carbons (Fsp3) is 0.522. The molecular weight excluding hydrogens is 474 g/mol. The van der Waals surface area contributed by atoms with Crippen molar-refractivity contribution in [1.82, 2.24) is 14.2 Å². The third kappa shape index (κ3) is 7.59. The van der Waals surface area contributed by atoms with E-state index in [0.717, 1.165) is 29.7 Å². The number of rotatable bonds is 10. The third-order valence-electron chi connectivity index (χ3n) is 5.68. The molecule has 1 aromatic heterocycles. The van der Waals surface area contributed by atoms with Gasteiger partial charge in [-0.25, -0.2) is 18.2 Å². The molecule has 2 aromatic rings. The number of unbranched alkanes of at least 4 members (excludes halogenated alkanes) is 2. The molecule has 0 bridgehead atoms. The number of sulfonamides is 1. The molecule has 3 rings (SSSR count). The minimum atomic E-state index is -3.15. The smallest absolute Gasteiger partial charge is 0.307 e. The minimum absolute atomic E-state index is 0.0277. The van der Waals surface area contributed by atoms with Crippen LogP contribution in [0.5, 0.6) is 0 Å². The summed E-state index contributed by atoms with van der Waals surface area (Å²) in [6, 6.07) is 4.98. The molecule has 1 aliphatic rings. The Balaban J connectivity index is 1.55. The fourth-order valence-corrected chi connectivity index (χ4v) is 5.47. The van der Waals surface area contributed by atoms with Crippen molar-refractivity contribution >= 4 is 44.0 Å². The minimum Gasteiger partial charge on any atom is -0.307 e. The second-order valence-electron chi connectivity index (χ2n) is 8.58. The Morgan fingerprint density at radius 2 is 1.85 bits per heavy atom. The maximum absolute atomic E-state index is 12.7. The van der Waals surface area contributed by atoms with Crippen molar-refractivity contribution in [2.24, 2.45) is 0 Å². The number of aryl methyl sites for hydroxylation is 1. The van der Waals surface area contributed by atoms with Gasteiger partial charge in [0.1, 0.15) is 0 Å². The van der Waals surface area contributed by atoms with Crippen LogP contribution in [0.1, 0.15) is 53.4 Å². The Labute approximate surface area is 205 Å². The first kappa shape index (κ1) is 26.3. The molecule has 9 nitrogen and oxygen atoms in total. The van der Waals surface area contributed by atoms with Gasteiger partial charge in [-0.2, -0.15) is 4.31 Å².